The molecule has 0 spiro atoms. The van der Waals surface area contributed by atoms with Gasteiger partial charge in [0.15, 0.2) is 0 Å². The highest BCUT2D eigenvalue weighted by molar-refractivity contribution is 4.98. The van der Waals surface area contributed by atoms with Crippen molar-refractivity contribution in [2.75, 3.05) is 20.1 Å². The molecule has 2 N–H and O–H groups in total. The van der Waals surface area contributed by atoms with Crippen LogP contribution in [0.5, 0.6) is 0 Å². The molecule has 3 heteroatoms. The minimum atomic E-state index is -0.442. The molecule has 14 heavy (non-hydrogen) atoms. The van der Waals surface area contributed by atoms with Gasteiger partial charge in [0.05, 0.1) is 5.60 Å². The first-order valence-corrected chi connectivity index (χ1v) is 5.77. The highest BCUT2D eigenvalue weighted by Gasteiger charge is 2.42. The number of hydrogen-bond acceptors (Lipinski definition) is 3. The smallest absolute Gasteiger partial charge is 0.0774 e. The summed E-state index contributed by atoms with van der Waals surface area (Å²) in [5.74, 6) is 0. The molecule has 1 heterocycles. The molecule has 2 rings (SSSR count). The minimum absolute atomic E-state index is 0.404. The third-order valence-corrected chi connectivity index (χ3v) is 3.95. The molecule has 3 nitrogen and oxygen atoms in total. The Kier molecular flexibility index (Phi) is 2.82. The van der Waals surface area contributed by atoms with Crippen molar-refractivity contribution < 1.29 is 5.11 Å². The maximum Gasteiger partial charge on any atom is 0.0774 e. The highest BCUT2D eigenvalue weighted by Crippen LogP contribution is 2.34. The van der Waals surface area contributed by atoms with Gasteiger partial charge in [0.2, 0.25) is 0 Å². The second-order valence-electron chi connectivity index (χ2n) is 5.03. The maximum absolute atomic E-state index is 10.2. The summed E-state index contributed by atoms with van der Waals surface area (Å²) >= 11 is 0. The number of nitrogens with zero attached hydrogens (tertiary/aromatic N) is 1. The Morgan fingerprint density at radius 2 is 2.21 bits per heavy atom. The van der Waals surface area contributed by atoms with Crippen LogP contribution in [0.2, 0.25) is 0 Å². The van der Waals surface area contributed by atoms with E-state index in [1.807, 2.05) is 14.0 Å². The molecule has 3 unspecified atom stereocenters. The van der Waals surface area contributed by atoms with Gasteiger partial charge in [0.1, 0.15) is 0 Å². The Balaban J connectivity index is 1.96. The van der Waals surface area contributed by atoms with E-state index in [-0.39, 0.29) is 0 Å². The van der Waals surface area contributed by atoms with Gasteiger partial charge in [-0.3, -0.25) is 4.90 Å². The highest BCUT2D eigenvalue weighted by atomic mass is 16.3. The number of hydrogen-bond donors (Lipinski definition) is 2. The molecule has 3 atom stereocenters. The third-order valence-electron chi connectivity index (χ3n) is 3.95. The SMILES string of the molecule is CNC1CCN(C2CCCC2(C)O)C1. The van der Waals surface area contributed by atoms with Crippen molar-refractivity contribution in [2.24, 2.45) is 0 Å². The second-order valence-corrected chi connectivity index (χ2v) is 5.03. The van der Waals surface area contributed by atoms with Crippen LogP contribution in [0, 0.1) is 0 Å². The lowest BCUT2D eigenvalue weighted by Gasteiger charge is -2.33. The predicted octanol–water partition coefficient (Wildman–Crippen LogP) is 0.584. The number of nitrogens with one attached hydrogen (secondary N) is 1. The summed E-state index contributed by atoms with van der Waals surface area (Å²) in [5.41, 5.74) is -0.442. The van der Waals surface area contributed by atoms with Gasteiger partial charge in [0, 0.05) is 25.2 Å². The standard InChI is InChI=1S/C11H22N2O/c1-11(14)6-3-4-10(11)13-7-5-9(8-13)12-2/h9-10,12,14H,3-8H2,1-2H3. The molecule has 1 aliphatic carbocycles. The lowest BCUT2D eigenvalue weighted by Crippen LogP contribution is -2.47. The summed E-state index contributed by atoms with van der Waals surface area (Å²) in [6.07, 6.45) is 4.54. The van der Waals surface area contributed by atoms with Crippen LogP contribution in [0.15, 0.2) is 0 Å². The van der Waals surface area contributed by atoms with Gasteiger partial charge >= 0.3 is 0 Å². The Bertz CT molecular complexity index is 205. The topological polar surface area (TPSA) is 35.5 Å². The van der Waals surface area contributed by atoms with Crippen LogP contribution in [-0.4, -0.2) is 47.8 Å². The molecule has 0 radical (unpaired) electrons. The number of aliphatic hydroxyl groups is 1. The number of likely N-dealkylation sites (tertiary alicyclic amines) is 1. The van der Waals surface area contributed by atoms with E-state index in [1.54, 1.807) is 0 Å². The van der Waals surface area contributed by atoms with Gasteiger partial charge in [0.25, 0.3) is 0 Å². The fourth-order valence-corrected chi connectivity index (χ4v) is 3.01. The van der Waals surface area contributed by atoms with Gasteiger partial charge in [-0.2, -0.15) is 0 Å². The molecular formula is C11H22N2O. The van der Waals surface area contributed by atoms with Gasteiger partial charge in [-0.25, -0.2) is 0 Å². The van der Waals surface area contributed by atoms with Gasteiger partial charge in [-0.05, 0) is 39.7 Å². The van der Waals surface area contributed by atoms with E-state index in [2.05, 4.69) is 10.2 Å². The van der Waals surface area contributed by atoms with Crippen LogP contribution in [0.4, 0.5) is 0 Å². The summed E-state index contributed by atoms with van der Waals surface area (Å²) < 4.78 is 0. The first-order chi connectivity index (χ1) is 6.63. The van der Waals surface area contributed by atoms with Gasteiger partial charge in [-0.1, -0.05) is 0 Å². The van der Waals surface area contributed by atoms with Crippen LogP contribution in [0.3, 0.4) is 0 Å². The molecule has 0 bridgehead atoms. The number of likely N-dealkylation sites (N-methyl/N-ethyl adjacent to an activating group) is 1. The lowest BCUT2D eigenvalue weighted by molar-refractivity contribution is -0.00551. The first-order valence-electron chi connectivity index (χ1n) is 5.77. The molecule has 2 fully saturated rings. The second kappa shape index (κ2) is 3.80. The largest absolute Gasteiger partial charge is 0.389 e. The molecule has 1 aliphatic heterocycles. The molecule has 0 aromatic carbocycles. The Hall–Kier alpha value is -0.120. The summed E-state index contributed by atoms with van der Waals surface area (Å²) in [5, 5.41) is 13.5. The fraction of sp³-hybridized carbons (Fsp3) is 1.00. The van der Waals surface area contributed by atoms with Crippen LogP contribution in [0.1, 0.15) is 32.6 Å². The molecule has 0 aromatic heterocycles. The molecule has 0 aromatic rings. The average Bonchev–Trinajstić information content (AvgIpc) is 2.70. The molecule has 1 saturated heterocycles. The minimum Gasteiger partial charge on any atom is -0.389 e. The first kappa shape index (κ1) is 10.4. The van der Waals surface area contributed by atoms with Crippen molar-refractivity contribution in [1.82, 2.24) is 10.2 Å². The van der Waals surface area contributed by atoms with Crippen molar-refractivity contribution in [3.05, 3.63) is 0 Å². The third kappa shape index (κ3) is 1.81. The van der Waals surface area contributed by atoms with E-state index in [0.29, 0.717) is 12.1 Å². The summed E-state index contributed by atoms with van der Waals surface area (Å²) in [4.78, 5) is 2.47. The van der Waals surface area contributed by atoms with Crippen molar-refractivity contribution in [1.29, 1.82) is 0 Å². The van der Waals surface area contributed by atoms with Gasteiger partial charge in [-0.15, -0.1) is 0 Å². The molecule has 82 valence electrons. The van der Waals surface area contributed by atoms with E-state index in [4.69, 9.17) is 0 Å². The fourth-order valence-electron chi connectivity index (χ4n) is 3.01. The number of rotatable bonds is 2. The zero-order valence-corrected chi connectivity index (χ0v) is 9.29. The normalized spacial score (nSPS) is 44.8. The van der Waals surface area contributed by atoms with Crippen molar-refractivity contribution in [3.63, 3.8) is 0 Å². The lowest BCUT2D eigenvalue weighted by atomic mass is 9.99. The van der Waals surface area contributed by atoms with E-state index in [9.17, 15) is 5.11 Å². The Morgan fingerprint density at radius 1 is 1.43 bits per heavy atom. The van der Waals surface area contributed by atoms with Crippen LogP contribution in [0.25, 0.3) is 0 Å². The summed E-state index contributed by atoms with van der Waals surface area (Å²) in [6, 6.07) is 1.03. The van der Waals surface area contributed by atoms with Crippen molar-refractivity contribution >= 4 is 0 Å². The molecular weight excluding hydrogens is 176 g/mol. The van der Waals surface area contributed by atoms with E-state index < -0.39 is 5.60 Å². The van der Waals surface area contributed by atoms with E-state index >= 15 is 0 Å². The molecule has 2 aliphatic rings. The Morgan fingerprint density at radius 3 is 2.71 bits per heavy atom. The zero-order chi connectivity index (χ0) is 10.2. The Labute approximate surface area is 86.5 Å². The van der Waals surface area contributed by atoms with Crippen molar-refractivity contribution in [3.8, 4) is 0 Å². The monoisotopic (exact) mass is 198 g/mol. The maximum atomic E-state index is 10.2. The molecule has 0 amide bonds. The van der Waals surface area contributed by atoms with Crippen LogP contribution < -0.4 is 5.32 Å². The zero-order valence-electron chi connectivity index (χ0n) is 9.29. The average molecular weight is 198 g/mol. The summed E-state index contributed by atoms with van der Waals surface area (Å²) in [7, 11) is 2.03. The van der Waals surface area contributed by atoms with Crippen LogP contribution in [-0.2, 0) is 0 Å². The predicted molar refractivity (Wildman–Crippen MR) is 57.3 cm³/mol. The van der Waals surface area contributed by atoms with Crippen LogP contribution >= 0.6 is 0 Å². The van der Waals surface area contributed by atoms with E-state index in [0.717, 1.165) is 19.5 Å². The molecule has 1 saturated carbocycles. The van der Waals surface area contributed by atoms with E-state index in [1.165, 1.54) is 19.3 Å². The van der Waals surface area contributed by atoms with Gasteiger partial charge < -0.3 is 10.4 Å². The van der Waals surface area contributed by atoms with Crippen molar-refractivity contribution in [2.45, 2.75) is 50.3 Å². The summed E-state index contributed by atoms with van der Waals surface area (Å²) in [6.45, 7) is 4.25. The quantitative estimate of drug-likeness (QED) is 0.681.